The van der Waals surface area contributed by atoms with Crippen LogP contribution in [0, 0.1) is 18.3 Å². The molecule has 0 fully saturated rings. The molecule has 4 heteroatoms. The number of rotatable bonds is 3. The summed E-state index contributed by atoms with van der Waals surface area (Å²) in [5.74, 6) is -0.386. The zero-order valence-electron chi connectivity index (χ0n) is 12.1. The molecule has 0 aliphatic carbocycles. The molecule has 0 aliphatic heterocycles. The molecule has 0 N–H and O–H groups in total. The molecule has 2 aromatic heterocycles. The zero-order valence-corrected chi connectivity index (χ0v) is 12.1. The molecule has 0 spiro atoms. The fourth-order valence-electron chi connectivity index (χ4n) is 2.41. The fraction of sp³-hybridized carbons (Fsp3) is 0.111. The molecule has 0 saturated carbocycles. The van der Waals surface area contributed by atoms with Gasteiger partial charge in [0.15, 0.2) is 0 Å². The van der Waals surface area contributed by atoms with Crippen LogP contribution in [0.15, 0.2) is 54.9 Å². The van der Waals surface area contributed by atoms with Crippen LogP contribution >= 0.6 is 0 Å². The third-order valence-electron chi connectivity index (χ3n) is 3.49. The van der Waals surface area contributed by atoms with Crippen LogP contribution in [0.1, 0.15) is 27.0 Å². The van der Waals surface area contributed by atoms with Crippen molar-refractivity contribution in [3.8, 4) is 6.07 Å². The van der Waals surface area contributed by atoms with Crippen molar-refractivity contribution in [2.75, 3.05) is 0 Å². The van der Waals surface area contributed by atoms with E-state index in [9.17, 15) is 10.1 Å². The summed E-state index contributed by atoms with van der Waals surface area (Å²) in [6, 6.07) is 15.0. The first-order valence-electron chi connectivity index (χ1n) is 6.91. The van der Waals surface area contributed by atoms with Crippen LogP contribution in [0.2, 0.25) is 0 Å². The average Bonchev–Trinajstić information content (AvgIpc) is 2.90. The van der Waals surface area contributed by atoms with Gasteiger partial charge < -0.3 is 9.14 Å². The molecule has 1 aromatic carbocycles. The predicted octanol–water partition coefficient (Wildman–Crippen LogP) is 3.48. The summed E-state index contributed by atoms with van der Waals surface area (Å²) in [7, 11) is 0. The number of aromatic nitrogens is 1. The Hall–Kier alpha value is -3.06. The van der Waals surface area contributed by atoms with Gasteiger partial charge >= 0.3 is 5.97 Å². The standard InChI is InChI=1S/C18H14N2O2/c1-13-5-4-6-14(9-13)18(21)22-12-15-11-20-8-3-2-7-17(20)16(15)10-19/h2-9,11H,12H2,1H3. The summed E-state index contributed by atoms with van der Waals surface area (Å²) in [5.41, 5.74) is 3.57. The molecular formula is C18H14N2O2. The van der Waals surface area contributed by atoms with E-state index in [2.05, 4.69) is 6.07 Å². The van der Waals surface area contributed by atoms with Gasteiger partial charge in [0.1, 0.15) is 12.7 Å². The van der Waals surface area contributed by atoms with Gasteiger partial charge in [-0.3, -0.25) is 0 Å². The van der Waals surface area contributed by atoms with E-state index >= 15 is 0 Å². The number of hydrogen-bond donors (Lipinski definition) is 0. The maximum Gasteiger partial charge on any atom is 0.338 e. The van der Waals surface area contributed by atoms with Crippen LogP contribution in [0.3, 0.4) is 0 Å². The van der Waals surface area contributed by atoms with Crippen LogP contribution < -0.4 is 0 Å². The normalized spacial score (nSPS) is 10.4. The molecule has 0 atom stereocenters. The summed E-state index contributed by atoms with van der Waals surface area (Å²) in [4.78, 5) is 12.1. The molecule has 3 aromatic rings. The van der Waals surface area contributed by atoms with Gasteiger partial charge in [0, 0.05) is 18.0 Å². The number of benzene rings is 1. The minimum atomic E-state index is -0.386. The third kappa shape index (κ3) is 2.57. The van der Waals surface area contributed by atoms with Crippen LogP contribution in [0.5, 0.6) is 0 Å². The summed E-state index contributed by atoms with van der Waals surface area (Å²) >= 11 is 0. The van der Waals surface area contributed by atoms with Gasteiger partial charge in [-0.15, -0.1) is 0 Å². The van der Waals surface area contributed by atoms with Gasteiger partial charge in [0.2, 0.25) is 0 Å². The fourth-order valence-corrected chi connectivity index (χ4v) is 2.41. The van der Waals surface area contributed by atoms with Crippen LogP contribution in [0.25, 0.3) is 5.52 Å². The van der Waals surface area contributed by atoms with Crippen molar-refractivity contribution in [3.63, 3.8) is 0 Å². The van der Waals surface area contributed by atoms with Gasteiger partial charge in [0.05, 0.1) is 16.6 Å². The van der Waals surface area contributed by atoms with Crippen LogP contribution in [-0.4, -0.2) is 10.4 Å². The smallest absolute Gasteiger partial charge is 0.338 e. The lowest BCUT2D eigenvalue weighted by molar-refractivity contribution is 0.0472. The van der Waals surface area contributed by atoms with Crippen molar-refractivity contribution in [3.05, 3.63) is 77.1 Å². The minimum Gasteiger partial charge on any atom is -0.457 e. The highest BCUT2D eigenvalue weighted by Gasteiger charge is 2.13. The first kappa shape index (κ1) is 13.9. The number of nitriles is 1. The molecular weight excluding hydrogens is 276 g/mol. The Labute approximate surface area is 128 Å². The van der Waals surface area contributed by atoms with Crippen molar-refractivity contribution in [1.82, 2.24) is 4.40 Å². The largest absolute Gasteiger partial charge is 0.457 e. The lowest BCUT2D eigenvalue weighted by Crippen LogP contribution is -2.05. The van der Waals surface area contributed by atoms with Crippen molar-refractivity contribution in [1.29, 1.82) is 5.26 Å². The van der Waals surface area contributed by atoms with E-state index in [1.54, 1.807) is 12.1 Å². The number of nitrogens with zero attached hydrogens (tertiary/aromatic N) is 2. The maximum atomic E-state index is 12.1. The lowest BCUT2D eigenvalue weighted by atomic mass is 10.1. The zero-order chi connectivity index (χ0) is 15.5. The molecule has 0 radical (unpaired) electrons. The van der Waals surface area contributed by atoms with Crippen LogP contribution in [0.4, 0.5) is 0 Å². The topological polar surface area (TPSA) is 54.5 Å². The molecule has 0 unspecified atom stereocenters. The molecule has 3 rings (SSSR count). The van der Waals surface area contributed by atoms with Gasteiger partial charge in [-0.2, -0.15) is 5.26 Å². The highest BCUT2D eigenvalue weighted by atomic mass is 16.5. The second kappa shape index (κ2) is 5.74. The Morgan fingerprint density at radius 3 is 2.91 bits per heavy atom. The molecule has 0 amide bonds. The van der Waals surface area contributed by atoms with E-state index in [4.69, 9.17) is 4.74 Å². The number of aryl methyl sites for hydroxylation is 1. The number of hydrogen-bond acceptors (Lipinski definition) is 3. The van der Waals surface area contributed by atoms with Gasteiger partial charge in [-0.05, 0) is 31.2 Å². The highest BCUT2D eigenvalue weighted by Crippen LogP contribution is 2.19. The first-order chi connectivity index (χ1) is 10.7. The van der Waals surface area contributed by atoms with E-state index in [0.29, 0.717) is 16.7 Å². The second-order valence-corrected chi connectivity index (χ2v) is 5.08. The molecule has 2 heterocycles. The van der Waals surface area contributed by atoms with E-state index in [1.807, 2.05) is 54.0 Å². The van der Waals surface area contributed by atoms with Crippen molar-refractivity contribution in [2.24, 2.45) is 0 Å². The number of ether oxygens (including phenoxy) is 1. The highest BCUT2D eigenvalue weighted by molar-refractivity contribution is 5.89. The number of pyridine rings is 1. The van der Waals surface area contributed by atoms with Crippen molar-refractivity contribution in [2.45, 2.75) is 13.5 Å². The number of carbonyl (C=O) groups is 1. The SMILES string of the molecule is Cc1cccc(C(=O)OCc2cn3ccccc3c2C#N)c1. The van der Waals surface area contributed by atoms with Gasteiger partial charge in [-0.25, -0.2) is 4.79 Å². The number of carbonyl (C=O) groups excluding carboxylic acids is 1. The predicted molar refractivity (Wildman–Crippen MR) is 82.4 cm³/mol. The Morgan fingerprint density at radius 2 is 2.14 bits per heavy atom. The molecule has 22 heavy (non-hydrogen) atoms. The summed E-state index contributed by atoms with van der Waals surface area (Å²) < 4.78 is 7.19. The Kier molecular flexibility index (Phi) is 3.63. The van der Waals surface area contributed by atoms with E-state index in [0.717, 1.165) is 11.1 Å². The van der Waals surface area contributed by atoms with Gasteiger partial charge in [0.25, 0.3) is 0 Å². The summed E-state index contributed by atoms with van der Waals surface area (Å²) in [6.45, 7) is 2.00. The first-order valence-corrected chi connectivity index (χ1v) is 6.91. The third-order valence-corrected chi connectivity index (χ3v) is 3.49. The van der Waals surface area contributed by atoms with E-state index < -0.39 is 0 Å². The van der Waals surface area contributed by atoms with Gasteiger partial charge in [-0.1, -0.05) is 23.8 Å². The van der Waals surface area contributed by atoms with E-state index in [1.165, 1.54) is 0 Å². The molecule has 4 nitrogen and oxygen atoms in total. The Morgan fingerprint density at radius 1 is 1.27 bits per heavy atom. The average molecular weight is 290 g/mol. The lowest BCUT2D eigenvalue weighted by Gasteiger charge is -2.04. The minimum absolute atomic E-state index is 0.0807. The molecule has 0 aliphatic rings. The molecule has 108 valence electrons. The van der Waals surface area contributed by atoms with E-state index in [-0.39, 0.29) is 12.6 Å². The number of esters is 1. The number of fused-ring (bicyclic) bond motifs is 1. The Bertz CT molecular complexity index is 887. The summed E-state index contributed by atoms with van der Waals surface area (Å²) in [5, 5.41) is 9.32. The monoisotopic (exact) mass is 290 g/mol. The summed E-state index contributed by atoms with van der Waals surface area (Å²) in [6.07, 6.45) is 3.68. The maximum absolute atomic E-state index is 12.1. The molecule has 0 bridgehead atoms. The quantitative estimate of drug-likeness (QED) is 0.694. The van der Waals surface area contributed by atoms with Crippen molar-refractivity contribution < 1.29 is 9.53 Å². The Balaban J connectivity index is 1.82. The van der Waals surface area contributed by atoms with Crippen molar-refractivity contribution >= 4 is 11.5 Å². The molecule has 0 saturated heterocycles. The second-order valence-electron chi connectivity index (χ2n) is 5.08. The van der Waals surface area contributed by atoms with Crippen LogP contribution in [-0.2, 0) is 11.3 Å².